The lowest BCUT2D eigenvalue weighted by atomic mass is 9.79. The van der Waals surface area contributed by atoms with Crippen LogP contribution in [0.3, 0.4) is 0 Å². The van der Waals surface area contributed by atoms with Gasteiger partial charge in [-0.15, -0.1) is 0 Å². The highest BCUT2D eigenvalue weighted by atomic mass is 16.5. The highest BCUT2D eigenvalue weighted by molar-refractivity contribution is 6.01. The van der Waals surface area contributed by atoms with Crippen LogP contribution in [-0.4, -0.2) is 43.2 Å². The first-order chi connectivity index (χ1) is 19.9. The lowest BCUT2D eigenvalue weighted by Gasteiger charge is -2.39. The highest BCUT2D eigenvalue weighted by Gasteiger charge is 2.44. The Morgan fingerprint density at radius 3 is 1.88 bits per heavy atom. The minimum atomic E-state index is -1.07. The summed E-state index contributed by atoms with van der Waals surface area (Å²) >= 11 is 0. The van der Waals surface area contributed by atoms with E-state index in [0.717, 1.165) is 11.1 Å². The van der Waals surface area contributed by atoms with E-state index in [1.807, 2.05) is 60.7 Å². The number of carbonyl (C=O) groups excluding carboxylic acids is 1. The number of carboxylic acids is 1. The maximum Gasteiger partial charge on any atom is 0.313 e. The summed E-state index contributed by atoms with van der Waals surface area (Å²) in [5.74, 6) is -0.788. The summed E-state index contributed by atoms with van der Waals surface area (Å²) in [7, 11) is 4.54. The number of hydrogen-bond acceptors (Lipinski definition) is 6. The molecular formula is C33H31NO7. The van der Waals surface area contributed by atoms with E-state index in [-0.39, 0.29) is 18.1 Å². The number of amides is 1. The van der Waals surface area contributed by atoms with Crippen molar-refractivity contribution in [1.29, 1.82) is 0 Å². The Labute approximate surface area is 238 Å². The van der Waals surface area contributed by atoms with Crippen molar-refractivity contribution in [3.05, 3.63) is 119 Å². The van der Waals surface area contributed by atoms with E-state index in [1.165, 1.54) is 25.2 Å². The number of ether oxygens (including phenoxy) is 4. The van der Waals surface area contributed by atoms with Crippen molar-refractivity contribution < 1.29 is 33.6 Å². The Kier molecular flexibility index (Phi) is 8.10. The SMILES string of the molecule is COc1cc2c(cc1OC)[C@@H](C(=O)O)[C@@H](c1ccc(OCc3ccccc3)c(OCc3ccccc3)c1)N(C)C2=O. The molecule has 1 aliphatic rings. The van der Waals surface area contributed by atoms with Gasteiger partial charge in [0.15, 0.2) is 23.0 Å². The summed E-state index contributed by atoms with van der Waals surface area (Å²) in [6.07, 6.45) is 0. The topological polar surface area (TPSA) is 94.5 Å². The fourth-order valence-corrected chi connectivity index (χ4v) is 5.14. The molecule has 0 aromatic heterocycles. The van der Waals surface area contributed by atoms with E-state index >= 15 is 0 Å². The number of hydrogen-bond donors (Lipinski definition) is 1. The number of benzene rings is 4. The lowest BCUT2D eigenvalue weighted by Crippen LogP contribution is -2.42. The molecule has 1 N–H and O–H groups in total. The number of fused-ring (bicyclic) bond motifs is 1. The molecule has 0 unspecified atom stereocenters. The molecule has 2 atom stereocenters. The minimum absolute atomic E-state index is 0.261. The highest BCUT2D eigenvalue weighted by Crippen LogP contribution is 2.47. The van der Waals surface area contributed by atoms with Crippen LogP contribution in [0.15, 0.2) is 91.0 Å². The van der Waals surface area contributed by atoms with Crippen LogP contribution in [0.2, 0.25) is 0 Å². The zero-order valence-corrected chi connectivity index (χ0v) is 23.1. The average molecular weight is 554 g/mol. The van der Waals surface area contributed by atoms with E-state index < -0.39 is 17.9 Å². The van der Waals surface area contributed by atoms with Crippen LogP contribution in [0.1, 0.15) is 44.6 Å². The smallest absolute Gasteiger partial charge is 0.313 e. The second-order valence-corrected chi connectivity index (χ2v) is 9.73. The van der Waals surface area contributed by atoms with Gasteiger partial charge in [0.2, 0.25) is 0 Å². The predicted octanol–water partition coefficient (Wildman–Crippen LogP) is 5.86. The van der Waals surface area contributed by atoms with E-state index in [4.69, 9.17) is 18.9 Å². The number of likely N-dealkylation sites (N-methyl/N-ethyl adjacent to an activating group) is 1. The number of methoxy groups -OCH3 is 2. The summed E-state index contributed by atoms with van der Waals surface area (Å²) in [6.45, 7) is 0.615. The molecule has 8 nitrogen and oxygen atoms in total. The maximum atomic E-state index is 13.5. The van der Waals surface area contributed by atoms with Crippen LogP contribution in [0.25, 0.3) is 0 Å². The zero-order chi connectivity index (χ0) is 28.9. The van der Waals surface area contributed by atoms with Crippen LogP contribution in [0.5, 0.6) is 23.0 Å². The van der Waals surface area contributed by atoms with Gasteiger partial charge in [-0.2, -0.15) is 0 Å². The maximum absolute atomic E-state index is 13.5. The zero-order valence-electron chi connectivity index (χ0n) is 23.1. The third-order valence-corrected chi connectivity index (χ3v) is 7.22. The van der Waals surface area contributed by atoms with Crippen LogP contribution < -0.4 is 18.9 Å². The standard InChI is InChI=1S/C33H31NO7/c1-34-31(30(33(36)37)24-17-27(38-2)28(39-3)18-25(24)32(34)35)23-14-15-26(40-19-21-10-6-4-7-11-21)29(16-23)41-20-22-12-8-5-9-13-22/h4-18,30-31H,19-20H2,1-3H3,(H,36,37)/t30-,31-/m1/s1. The predicted molar refractivity (Wildman–Crippen MR) is 153 cm³/mol. The minimum Gasteiger partial charge on any atom is -0.493 e. The average Bonchev–Trinajstić information content (AvgIpc) is 3.01. The Bertz CT molecular complexity index is 1540. The molecule has 210 valence electrons. The summed E-state index contributed by atoms with van der Waals surface area (Å²) < 4.78 is 23.2. The van der Waals surface area contributed by atoms with Crippen molar-refractivity contribution in [3.8, 4) is 23.0 Å². The van der Waals surface area contributed by atoms with Gasteiger partial charge in [0.1, 0.15) is 19.1 Å². The molecule has 0 fully saturated rings. The van der Waals surface area contributed by atoms with Gasteiger partial charge in [-0.1, -0.05) is 66.7 Å². The van der Waals surface area contributed by atoms with Gasteiger partial charge in [-0.25, -0.2) is 0 Å². The van der Waals surface area contributed by atoms with E-state index in [9.17, 15) is 14.7 Å². The first-order valence-electron chi connectivity index (χ1n) is 13.1. The molecule has 0 bridgehead atoms. The van der Waals surface area contributed by atoms with Crippen molar-refractivity contribution in [3.63, 3.8) is 0 Å². The third-order valence-electron chi connectivity index (χ3n) is 7.22. The van der Waals surface area contributed by atoms with Gasteiger partial charge in [-0.3, -0.25) is 9.59 Å². The Morgan fingerprint density at radius 1 is 0.756 bits per heavy atom. The molecule has 4 aromatic rings. The first-order valence-corrected chi connectivity index (χ1v) is 13.1. The van der Waals surface area contributed by atoms with Gasteiger partial charge in [0.05, 0.1) is 20.3 Å². The van der Waals surface area contributed by atoms with Gasteiger partial charge in [0.25, 0.3) is 5.91 Å². The number of carboxylic acid groups (broad SMARTS) is 1. The van der Waals surface area contributed by atoms with Crippen molar-refractivity contribution in [2.45, 2.75) is 25.2 Å². The molecule has 8 heteroatoms. The van der Waals surface area contributed by atoms with E-state index in [1.54, 1.807) is 31.3 Å². The van der Waals surface area contributed by atoms with Crippen molar-refractivity contribution in [2.24, 2.45) is 0 Å². The molecule has 0 saturated carbocycles. The second kappa shape index (κ2) is 12.0. The van der Waals surface area contributed by atoms with Gasteiger partial charge in [-0.05, 0) is 46.5 Å². The van der Waals surface area contributed by atoms with E-state index in [0.29, 0.717) is 40.7 Å². The second-order valence-electron chi connectivity index (χ2n) is 9.73. The largest absolute Gasteiger partial charge is 0.493 e. The lowest BCUT2D eigenvalue weighted by molar-refractivity contribution is -0.140. The molecule has 0 spiro atoms. The monoisotopic (exact) mass is 553 g/mol. The van der Waals surface area contributed by atoms with Gasteiger partial charge < -0.3 is 29.0 Å². The normalized spacial score (nSPS) is 16.1. The Balaban J connectivity index is 1.55. The molecule has 0 radical (unpaired) electrons. The Morgan fingerprint density at radius 2 is 1.32 bits per heavy atom. The van der Waals surface area contributed by atoms with Crippen LogP contribution in [-0.2, 0) is 18.0 Å². The van der Waals surface area contributed by atoms with Crippen molar-refractivity contribution in [2.75, 3.05) is 21.3 Å². The summed E-state index contributed by atoms with van der Waals surface area (Å²) in [5, 5.41) is 10.4. The Hall–Kier alpha value is -4.98. The van der Waals surface area contributed by atoms with Crippen molar-refractivity contribution in [1.82, 2.24) is 4.90 Å². The molecule has 41 heavy (non-hydrogen) atoms. The fraction of sp³-hybridized carbons (Fsp3) is 0.212. The number of carbonyl (C=O) groups is 2. The van der Waals surface area contributed by atoms with Crippen LogP contribution in [0, 0.1) is 0 Å². The number of nitrogens with zero attached hydrogens (tertiary/aromatic N) is 1. The molecule has 1 heterocycles. The summed E-state index contributed by atoms with van der Waals surface area (Å²) in [6, 6.07) is 27.1. The molecule has 4 aromatic carbocycles. The summed E-state index contributed by atoms with van der Waals surface area (Å²) in [4.78, 5) is 27.8. The molecule has 5 rings (SSSR count). The molecule has 1 amide bonds. The molecular weight excluding hydrogens is 522 g/mol. The number of rotatable bonds is 10. The summed E-state index contributed by atoms with van der Waals surface area (Å²) in [5.41, 5.74) is 3.19. The van der Waals surface area contributed by atoms with Crippen LogP contribution in [0.4, 0.5) is 0 Å². The fourth-order valence-electron chi connectivity index (χ4n) is 5.14. The third kappa shape index (κ3) is 5.68. The van der Waals surface area contributed by atoms with Gasteiger partial charge in [0, 0.05) is 12.6 Å². The molecule has 0 saturated heterocycles. The van der Waals surface area contributed by atoms with Crippen LogP contribution >= 0.6 is 0 Å². The van der Waals surface area contributed by atoms with Crippen molar-refractivity contribution >= 4 is 11.9 Å². The molecule has 0 aliphatic carbocycles. The van der Waals surface area contributed by atoms with E-state index in [2.05, 4.69) is 0 Å². The first kappa shape index (κ1) is 27.6. The van der Waals surface area contributed by atoms with Gasteiger partial charge >= 0.3 is 5.97 Å². The molecule has 1 aliphatic heterocycles. The quantitative estimate of drug-likeness (QED) is 0.263. The number of aliphatic carboxylic acids is 1.